The Morgan fingerprint density at radius 2 is 2.45 bits per heavy atom. The fourth-order valence-electron chi connectivity index (χ4n) is 2.05. The third-order valence-electron chi connectivity index (χ3n) is 3.41. The van der Waals surface area contributed by atoms with Crippen molar-refractivity contribution in [3.63, 3.8) is 0 Å². The average Bonchev–Trinajstić information content (AvgIpc) is 2.94. The topological polar surface area (TPSA) is 72.5 Å². The lowest BCUT2D eigenvalue weighted by molar-refractivity contribution is -0.0148. The van der Waals surface area contributed by atoms with E-state index in [-0.39, 0.29) is 5.91 Å². The summed E-state index contributed by atoms with van der Waals surface area (Å²) in [5, 5.41) is 6.08. The van der Waals surface area contributed by atoms with Gasteiger partial charge in [-0.15, -0.1) is 0 Å². The number of nitrogens with zero attached hydrogens (tertiary/aromatic N) is 1. The molecule has 7 heteroatoms. The lowest BCUT2D eigenvalue weighted by atomic mass is 10.0. The summed E-state index contributed by atoms with van der Waals surface area (Å²) in [5.41, 5.74) is -0.0168. The first-order chi connectivity index (χ1) is 9.60. The van der Waals surface area contributed by atoms with Crippen LogP contribution in [0.3, 0.4) is 0 Å². The van der Waals surface area contributed by atoms with Crippen LogP contribution in [-0.2, 0) is 9.47 Å². The lowest BCUT2D eigenvalue weighted by Crippen LogP contribution is -2.45. The average molecular weight is 300 g/mol. The minimum Gasteiger partial charge on any atom is -0.378 e. The molecule has 1 aromatic heterocycles. The number of carbonyl (C=O) groups is 1. The summed E-state index contributed by atoms with van der Waals surface area (Å²) >= 11 is 6.01. The highest BCUT2D eigenvalue weighted by Gasteiger charge is 2.35. The summed E-state index contributed by atoms with van der Waals surface area (Å²) in [7, 11) is 3.34. The molecule has 1 aliphatic rings. The highest BCUT2D eigenvalue weighted by Crippen LogP contribution is 2.22. The van der Waals surface area contributed by atoms with E-state index in [1.807, 2.05) is 0 Å². The van der Waals surface area contributed by atoms with Crippen LogP contribution in [0, 0.1) is 0 Å². The van der Waals surface area contributed by atoms with Gasteiger partial charge in [-0.1, -0.05) is 11.6 Å². The van der Waals surface area contributed by atoms with Crippen LogP contribution in [0.4, 0.5) is 5.82 Å². The number of hydrogen-bond acceptors (Lipinski definition) is 5. The summed E-state index contributed by atoms with van der Waals surface area (Å²) in [5.74, 6) is 0.311. The van der Waals surface area contributed by atoms with Crippen LogP contribution < -0.4 is 10.6 Å². The van der Waals surface area contributed by atoms with Crippen LogP contribution >= 0.6 is 11.6 Å². The van der Waals surface area contributed by atoms with E-state index in [1.54, 1.807) is 20.2 Å². The Balaban J connectivity index is 1.99. The second-order valence-electron chi connectivity index (χ2n) is 4.68. The maximum atomic E-state index is 12.1. The fourth-order valence-corrected chi connectivity index (χ4v) is 2.31. The molecule has 1 fully saturated rings. The molecule has 0 saturated carbocycles. The van der Waals surface area contributed by atoms with E-state index in [0.29, 0.717) is 36.2 Å². The third-order valence-corrected chi connectivity index (χ3v) is 3.70. The van der Waals surface area contributed by atoms with Crippen molar-refractivity contribution in [2.75, 3.05) is 39.2 Å². The summed E-state index contributed by atoms with van der Waals surface area (Å²) in [6.07, 6.45) is 2.25. The second-order valence-corrected chi connectivity index (χ2v) is 5.08. The molecule has 1 amide bonds. The van der Waals surface area contributed by atoms with Gasteiger partial charge >= 0.3 is 0 Å². The number of aromatic nitrogens is 1. The van der Waals surface area contributed by atoms with E-state index in [9.17, 15) is 4.79 Å². The van der Waals surface area contributed by atoms with Crippen LogP contribution in [0.2, 0.25) is 5.02 Å². The van der Waals surface area contributed by atoms with Gasteiger partial charge in [0.1, 0.15) is 11.4 Å². The molecule has 1 aliphatic heterocycles. The van der Waals surface area contributed by atoms with Crippen molar-refractivity contribution in [1.29, 1.82) is 0 Å². The summed E-state index contributed by atoms with van der Waals surface area (Å²) in [6.45, 7) is 1.53. The predicted octanol–water partition coefficient (Wildman–Crippen LogP) is 1.31. The summed E-state index contributed by atoms with van der Waals surface area (Å²) in [4.78, 5) is 16.2. The van der Waals surface area contributed by atoms with Crippen LogP contribution in [0.5, 0.6) is 0 Å². The molecule has 20 heavy (non-hydrogen) atoms. The zero-order valence-electron chi connectivity index (χ0n) is 11.5. The molecule has 2 rings (SSSR count). The number of carbonyl (C=O) groups excluding carboxylic acids is 1. The SMILES string of the molecule is CNc1ncc(C(=O)NCC2(OC)CCOC2)cc1Cl. The highest BCUT2D eigenvalue weighted by atomic mass is 35.5. The molecular weight excluding hydrogens is 282 g/mol. The molecule has 1 atom stereocenters. The number of amides is 1. The Morgan fingerprint density at radius 3 is 3.00 bits per heavy atom. The molecule has 0 aliphatic carbocycles. The fraction of sp³-hybridized carbons (Fsp3) is 0.538. The van der Waals surface area contributed by atoms with Crippen molar-refractivity contribution in [2.45, 2.75) is 12.0 Å². The molecule has 1 saturated heterocycles. The van der Waals surface area contributed by atoms with Crippen molar-refractivity contribution in [3.05, 3.63) is 22.8 Å². The van der Waals surface area contributed by atoms with E-state index in [4.69, 9.17) is 21.1 Å². The van der Waals surface area contributed by atoms with Gasteiger partial charge in [-0.05, 0) is 6.07 Å². The number of hydrogen-bond donors (Lipinski definition) is 2. The van der Waals surface area contributed by atoms with Crippen LogP contribution in [0.1, 0.15) is 16.8 Å². The molecular formula is C13H18ClN3O3. The molecule has 1 aromatic rings. The third kappa shape index (κ3) is 3.20. The predicted molar refractivity (Wildman–Crippen MR) is 76.3 cm³/mol. The molecule has 110 valence electrons. The van der Waals surface area contributed by atoms with E-state index in [0.717, 1.165) is 6.42 Å². The number of rotatable bonds is 5. The first-order valence-corrected chi connectivity index (χ1v) is 6.72. The first-order valence-electron chi connectivity index (χ1n) is 6.34. The quantitative estimate of drug-likeness (QED) is 0.858. The Morgan fingerprint density at radius 1 is 1.65 bits per heavy atom. The van der Waals surface area contributed by atoms with Gasteiger partial charge in [0.15, 0.2) is 0 Å². The van der Waals surface area contributed by atoms with Gasteiger partial charge in [0.2, 0.25) is 0 Å². The summed E-state index contributed by atoms with van der Waals surface area (Å²) < 4.78 is 10.8. The summed E-state index contributed by atoms with van der Waals surface area (Å²) in [6, 6.07) is 1.58. The van der Waals surface area contributed by atoms with Gasteiger partial charge in [-0.3, -0.25) is 4.79 Å². The van der Waals surface area contributed by atoms with E-state index >= 15 is 0 Å². The van der Waals surface area contributed by atoms with Crippen LogP contribution in [0.25, 0.3) is 0 Å². The first kappa shape index (κ1) is 15.0. The van der Waals surface area contributed by atoms with Crippen LogP contribution in [0.15, 0.2) is 12.3 Å². The van der Waals surface area contributed by atoms with Gasteiger partial charge in [0.05, 0.1) is 17.2 Å². The van der Waals surface area contributed by atoms with Crippen LogP contribution in [-0.4, -0.2) is 50.4 Å². The zero-order valence-corrected chi connectivity index (χ0v) is 12.3. The maximum Gasteiger partial charge on any atom is 0.253 e. The van der Waals surface area contributed by atoms with Crippen molar-refractivity contribution in [3.8, 4) is 0 Å². The highest BCUT2D eigenvalue weighted by molar-refractivity contribution is 6.33. The molecule has 1 unspecified atom stereocenters. The number of anilines is 1. The van der Waals surface area contributed by atoms with Crippen molar-refractivity contribution < 1.29 is 14.3 Å². The molecule has 0 bridgehead atoms. The minimum absolute atomic E-state index is 0.231. The van der Waals surface area contributed by atoms with Gasteiger partial charge < -0.3 is 20.1 Å². The van der Waals surface area contributed by atoms with Gasteiger partial charge in [0.25, 0.3) is 5.91 Å². The van der Waals surface area contributed by atoms with Crippen molar-refractivity contribution in [2.24, 2.45) is 0 Å². The Bertz CT molecular complexity index is 490. The molecule has 2 heterocycles. The number of pyridine rings is 1. The van der Waals surface area contributed by atoms with E-state index < -0.39 is 5.60 Å². The van der Waals surface area contributed by atoms with Crippen molar-refractivity contribution in [1.82, 2.24) is 10.3 Å². The lowest BCUT2D eigenvalue weighted by Gasteiger charge is -2.25. The molecule has 0 aromatic carbocycles. The number of halogens is 1. The minimum atomic E-state index is -0.433. The normalized spacial score (nSPS) is 21.8. The molecule has 6 nitrogen and oxygen atoms in total. The second kappa shape index (κ2) is 6.39. The van der Waals surface area contributed by atoms with Gasteiger partial charge in [-0.25, -0.2) is 4.98 Å². The van der Waals surface area contributed by atoms with E-state index in [1.165, 1.54) is 6.20 Å². The van der Waals surface area contributed by atoms with Gasteiger partial charge in [0, 0.05) is 39.9 Å². The maximum absolute atomic E-state index is 12.1. The number of ether oxygens (including phenoxy) is 2. The number of nitrogens with one attached hydrogen (secondary N) is 2. The zero-order chi connectivity index (χ0) is 14.6. The van der Waals surface area contributed by atoms with E-state index in [2.05, 4.69) is 15.6 Å². The monoisotopic (exact) mass is 299 g/mol. The van der Waals surface area contributed by atoms with Crippen molar-refractivity contribution >= 4 is 23.3 Å². The smallest absolute Gasteiger partial charge is 0.253 e. The molecule has 2 N–H and O–H groups in total. The van der Waals surface area contributed by atoms with Gasteiger partial charge in [-0.2, -0.15) is 0 Å². The Labute approximate surface area is 122 Å². The Hall–Kier alpha value is -1.37. The number of methoxy groups -OCH3 is 1. The molecule has 0 spiro atoms. The standard InChI is InChI=1S/C13H18ClN3O3/c1-15-11-10(14)5-9(6-16-11)12(18)17-7-13(19-2)3-4-20-8-13/h5-6H,3-4,7-8H2,1-2H3,(H,15,16)(H,17,18). The largest absolute Gasteiger partial charge is 0.378 e. The Kier molecular flexibility index (Phi) is 4.80. The molecule has 0 radical (unpaired) electrons.